The molecule has 0 aliphatic rings. The smallest absolute Gasteiger partial charge is 0.226 e. The van der Waals surface area contributed by atoms with E-state index in [0.717, 1.165) is 36.8 Å². The number of nitrogens with zero attached hydrogens (tertiary/aromatic N) is 3. The summed E-state index contributed by atoms with van der Waals surface area (Å²) in [5.74, 6) is 3.60. The van der Waals surface area contributed by atoms with Crippen LogP contribution in [0.1, 0.15) is 25.1 Å². The lowest BCUT2D eigenvalue weighted by atomic mass is 10.3. The lowest BCUT2D eigenvalue weighted by Crippen LogP contribution is -2.42. The highest BCUT2D eigenvalue weighted by Crippen LogP contribution is 2.19. The Labute approximate surface area is 154 Å². The number of methoxy groups -OCH3 is 1. The number of nitrogens with one attached hydrogen (secondary N) is 2. The van der Waals surface area contributed by atoms with Gasteiger partial charge in [-0.15, -0.1) is 0 Å². The number of benzene rings is 1. The lowest BCUT2D eigenvalue weighted by molar-refractivity contribution is 0.223. The van der Waals surface area contributed by atoms with Crippen LogP contribution in [0.15, 0.2) is 33.8 Å². The Balaban J connectivity index is 1.67. The summed E-state index contributed by atoms with van der Waals surface area (Å²) in [5, 5.41) is 10.3. The van der Waals surface area contributed by atoms with Crippen molar-refractivity contribution in [3.05, 3.63) is 36.0 Å². The Morgan fingerprint density at radius 3 is 2.81 bits per heavy atom. The van der Waals surface area contributed by atoms with Gasteiger partial charge in [-0.25, -0.2) is 0 Å². The minimum absolute atomic E-state index is 0.0259. The molecule has 0 aliphatic heterocycles. The number of hydrogen-bond acceptors (Lipinski definition) is 6. The monoisotopic (exact) mass is 361 g/mol. The van der Waals surface area contributed by atoms with Gasteiger partial charge in [0.25, 0.3) is 0 Å². The molecule has 0 saturated carbocycles. The second-order valence-corrected chi connectivity index (χ2v) is 5.83. The van der Waals surface area contributed by atoms with Crippen molar-refractivity contribution in [1.29, 1.82) is 0 Å². The number of guanidine groups is 1. The van der Waals surface area contributed by atoms with Crippen LogP contribution in [0.5, 0.6) is 11.5 Å². The van der Waals surface area contributed by atoms with Crippen LogP contribution in [0, 0.1) is 6.92 Å². The molecule has 0 amide bonds. The zero-order valence-corrected chi connectivity index (χ0v) is 15.8. The summed E-state index contributed by atoms with van der Waals surface area (Å²) in [6.07, 6.45) is 1.58. The summed E-state index contributed by atoms with van der Waals surface area (Å²) in [4.78, 5) is 8.39. The number of aromatic nitrogens is 2. The van der Waals surface area contributed by atoms with E-state index in [2.05, 4.69) is 25.8 Å². The van der Waals surface area contributed by atoms with Crippen LogP contribution in [-0.4, -0.2) is 49.5 Å². The molecule has 26 heavy (non-hydrogen) atoms. The van der Waals surface area contributed by atoms with E-state index in [1.807, 2.05) is 38.1 Å². The number of aliphatic imine (C=N–C) groups is 1. The summed E-state index contributed by atoms with van der Waals surface area (Å²) in [7, 11) is 3.38. The quantitative estimate of drug-likeness (QED) is 0.400. The molecule has 1 aromatic carbocycles. The zero-order valence-electron chi connectivity index (χ0n) is 15.8. The summed E-state index contributed by atoms with van der Waals surface area (Å²) < 4.78 is 16.2. The predicted octanol–water partition coefficient (Wildman–Crippen LogP) is 1.95. The van der Waals surface area contributed by atoms with Crippen molar-refractivity contribution in [2.45, 2.75) is 32.8 Å². The van der Waals surface area contributed by atoms with Crippen molar-refractivity contribution < 1.29 is 14.0 Å². The van der Waals surface area contributed by atoms with E-state index in [0.29, 0.717) is 18.3 Å². The van der Waals surface area contributed by atoms with Crippen LogP contribution in [0.2, 0.25) is 0 Å². The molecule has 2 rings (SSSR count). The third kappa shape index (κ3) is 6.62. The van der Waals surface area contributed by atoms with E-state index in [-0.39, 0.29) is 6.10 Å². The van der Waals surface area contributed by atoms with Crippen LogP contribution >= 0.6 is 0 Å². The molecule has 8 heteroatoms. The third-order valence-electron chi connectivity index (χ3n) is 3.59. The van der Waals surface area contributed by atoms with Gasteiger partial charge in [0.15, 0.2) is 11.8 Å². The molecule has 0 fully saturated rings. The fourth-order valence-corrected chi connectivity index (χ4v) is 2.30. The highest BCUT2D eigenvalue weighted by Gasteiger charge is 2.07. The molecule has 2 aromatic rings. The number of aryl methyl sites for hydroxylation is 2. The van der Waals surface area contributed by atoms with Crippen LogP contribution < -0.4 is 20.1 Å². The summed E-state index contributed by atoms with van der Waals surface area (Å²) in [6.45, 7) is 5.19. The summed E-state index contributed by atoms with van der Waals surface area (Å²) in [6, 6.07) is 7.56. The Morgan fingerprint density at radius 2 is 2.12 bits per heavy atom. The summed E-state index contributed by atoms with van der Waals surface area (Å²) >= 11 is 0. The minimum atomic E-state index is -0.0259. The first-order valence-corrected chi connectivity index (χ1v) is 8.65. The van der Waals surface area contributed by atoms with Gasteiger partial charge in [0.2, 0.25) is 5.89 Å². The van der Waals surface area contributed by atoms with Crippen molar-refractivity contribution in [2.24, 2.45) is 4.99 Å². The van der Waals surface area contributed by atoms with Gasteiger partial charge >= 0.3 is 0 Å². The molecule has 0 bridgehead atoms. The van der Waals surface area contributed by atoms with Crippen LogP contribution in [0.3, 0.4) is 0 Å². The number of hydrogen-bond donors (Lipinski definition) is 2. The van der Waals surface area contributed by atoms with E-state index < -0.39 is 0 Å². The van der Waals surface area contributed by atoms with Crippen LogP contribution in [0.4, 0.5) is 0 Å². The SMILES string of the molecule is CN=C(NCCCc1nc(C)no1)NCC(C)Oc1cccc(OC)c1. The highest BCUT2D eigenvalue weighted by atomic mass is 16.5. The van der Waals surface area contributed by atoms with Gasteiger partial charge in [0.1, 0.15) is 17.6 Å². The van der Waals surface area contributed by atoms with Gasteiger partial charge < -0.3 is 24.6 Å². The van der Waals surface area contributed by atoms with Crippen molar-refractivity contribution in [3.63, 3.8) is 0 Å². The topological polar surface area (TPSA) is 93.8 Å². The molecule has 0 saturated heterocycles. The van der Waals surface area contributed by atoms with Gasteiger partial charge in [0, 0.05) is 26.1 Å². The molecule has 8 nitrogen and oxygen atoms in total. The molecular formula is C18H27N5O3. The number of rotatable bonds is 9. The molecule has 2 N–H and O–H groups in total. The van der Waals surface area contributed by atoms with E-state index in [4.69, 9.17) is 14.0 Å². The molecule has 0 aliphatic carbocycles. The first kappa shape index (κ1) is 19.6. The van der Waals surface area contributed by atoms with Crippen LogP contribution in [-0.2, 0) is 6.42 Å². The van der Waals surface area contributed by atoms with Crippen molar-refractivity contribution in [1.82, 2.24) is 20.8 Å². The maximum Gasteiger partial charge on any atom is 0.226 e. The first-order valence-electron chi connectivity index (χ1n) is 8.65. The van der Waals surface area contributed by atoms with E-state index in [1.54, 1.807) is 14.2 Å². The molecule has 0 radical (unpaired) electrons. The maximum atomic E-state index is 5.88. The summed E-state index contributed by atoms with van der Waals surface area (Å²) in [5.41, 5.74) is 0. The highest BCUT2D eigenvalue weighted by molar-refractivity contribution is 5.79. The Kier molecular flexibility index (Phi) is 7.73. The maximum absolute atomic E-state index is 5.88. The fourth-order valence-electron chi connectivity index (χ4n) is 2.30. The van der Waals surface area contributed by atoms with Crippen molar-refractivity contribution in [2.75, 3.05) is 27.2 Å². The van der Waals surface area contributed by atoms with Gasteiger partial charge in [-0.3, -0.25) is 4.99 Å². The first-order chi connectivity index (χ1) is 12.6. The second kappa shape index (κ2) is 10.3. The second-order valence-electron chi connectivity index (χ2n) is 5.83. The van der Waals surface area contributed by atoms with Gasteiger partial charge in [0.05, 0.1) is 13.7 Å². The van der Waals surface area contributed by atoms with Crippen LogP contribution in [0.25, 0.3) is 0 Å². The molecule has 142 valence electrons. The predicted molar refractivity (Wildman–Crippen MR) is 99.8 cm³/mol. The minimum Gasteiger partial charge on any atom is -0.497 e. The van der Waals surface area contributed by atoms with Crippen molar-refractivity contribution in [3.8, 4) is 11.5 Å². The third-order valence-corrected chi connectivity index (χ3v) is 3.59. The molecule has 1 aromatic heterocycles. The fraction of sp³-hybridized carbons (Fsp3) is 0.500. The lowest BCUT2D eigenvalue weighted by Gasteiger charge is -2.18. The molecule has 1 unspecified atom stereocenters. The Hall–Kier alpha value is -2.77. The zero-order chi connectivity index (χ0) is 18.8. The Bertz CT molecular complexity index is 702. The Morgan fingerprint density at radius 1 is 1.31 bits per heavy atom. The van der Waals surface area contributed by atoms with Gasteiger partial charge in [-0.1, -0.05) is 11.2 Å². The van der Waals surface area contributed by atoms with E-state index in [9.17, 15) is 0 Å². The standard InChI is InChI=1S/C18H27N5O3/c1-13(25-16-8-5-7-15(11-16)24-4)12-21-18(19-3)20-10-6-9-17-22-14(2)23-26-17/h5,7-8,11,13H,6,9-10,12H2,1-4H3,(H2,19,20,21). The average molecular weight is 361 g/mol. The van der Waals surface area contributed by atoms with Crippen molar-refractivity contribution >= 4 is 5.96 Å². The van der Waals surface area contributed by atoms with Gasteiger partial charge in [-0.05, 0) is 32.4 Å². The molecular weight excluding hydrogens is 334 g/mol. The average Bonchev–Trinajstić information content (AvgIpc) is 3.06. The number of ether oxygens (including phenoxy) is 2. The molecule has 0 spiro atoms. The normalized spacial score (nSPS) is 12.5. The van der Waals surface area contributed by atoms with E-state index >= 15 is 0 Å². The molecule has 1 heterocycles. The van der Waals surface area contributed by atoms with Gasteiger partial charge in [-0.2, -0.15) is 4.98 Å². The molecule has 1 atom stereocenters. The largest absolute Gasteiger partial charge is 0.497 e. The van der Waals surface area contributed by atoms with E-state index in [1.165, 1.54) is 0 Å².